The standard InChI is InChI=1S/C24H21ClN2O7/c1-3-23(28)26-21-13-22(32-2)19(12-20(21)25)24(29)33-14-15-5-4-6-18(11-15)34-17-9-7-16(8-10-17)27(30)31/h4-13H,3,14H2,1-2H3,(H,26,28). The molecule has 0 heterocycles. The number of carbonyl (C=O) groups excluding carboxylic acids is 2. The highest BCUT2D eigenvalue weighted by Crippen LogP contribution is 2.32. The third kappa shape index (κ3) is 6.23. The molecule has 0 aromatic heterocycles. The van der Waals surface area contributed by atoms with Gasteiger partial charge in [0.2, 0.25) is 5.91 Å². The van der Waals surface area contributed by atoms with E-state index in [1.807, 2.05) is 0 Å². The summed E-state index contributed by atoms with van der Waals surface area (Å²) in [4.78, 5) is 34.6. The summed E-state index contributed by atoms with van der Waals surface area (Å²) in [6, 6.07) is 15.4. The number of nitro benzene ring substituents is 1. The third-order valence-electron chi connectivity index (χ3n) is 4.66. The molecular formula is C24H21ClN2O7. The summed E-state index contributed by atoms with van der Waals surface area (Å²) in [5.74, 6) is 0.216. The first-order valence-corrected chi connectivity index (χ1v) is 10.5. The van der Waals surface area contributed by atoms with Crippen molar-refractivity contribution in [2.24, 2.45) is 0 Å². The lowest BCUT2D eigenvalue weighted by Crippen LogP contribution is -2.12. The number of halogens is 1. The third-order valence-corrected chi connectivity index (χ3v) is 4.97. The first-order chi connectivity index (χ1) is 16.3. The monoisotopic (exact) mass is 484 g/mol. The zero-order valence-electron chi connectivity index (χ0n) is 18.4. The van der Waals surface area contributed by atoms with Gasteiger partial charge in [-0.05, 0) is 35.9 Å². The van der Waals surface area contributed by atoms with Gasteiger partial charge in [0, 0.05) is 24.6 Å². The van der Waals surface area contributed by atoms with Gasteiger partial charge in [0.25, 0.3) is 5.69 Å². The van der Waals surface area contributed by atoms with Crippen LogP contribution in [0, 0.1) is 10.1 Å². The van der Waals surface area contributed by atoms with Crippen molar-refractivity contribution in [3.05, 3.63) is 86.9 Å². The fourth-order valence-corrected chi connectivity index (χ4v) is 3.12. The van der Waals surface area contributed by atoms with Gasteiger partial charge in [0.15, 0.2) is 0 Å². The second-order valence-electron chi connectivity index (χ2n) is 7.01. The first-order valence-electron chi connectivity index (χ1n) is 10.2. The second kappa shape index (κ2) is 11.2. The fourth-order valence-electron chi connectivity index (χ4n) is 2.91. The zero-order valence-corrected chi connectivity index (χ0v) is 19.1. The normalized spacial score (nSPS) is 10.3. The lowest BCUT2D eigenvalue weighted by atomic mass is 10.1. The summed E-state index contributed by atoms with van der Waals surface area (Å²) in [6.45, 7) is 1.66. The number of nitrogens with one attached hydrogen (secondary N) is 1. The topological polar surface area (TPSA) is 117 Å². The summed E-state index contributed by atoms with van der Waals surface area (Å²) in [5, 5.41) is 13.6. The van der Waals surface area contributed by atoms with Crippen LogP contribution in [0.1, 0.15) is 29.3 Å². The molecule has 0 radical (unpaired) electrons. The Morgan fingerprint density at radius 1 is 1.06 bits per heavy atom. The van der Waals surface area contributed by atoms with Crippen molar-refractivity contribution in [2.75, 3.05) is 12.4 Å². The number of methoxy groups -OCH3 is 1. The molecule has 0 fully saturated rings. The van der Waals surface area contributed by atoms with Crippen LogP contribution in [0.2, 0.25) is 5.02 Å². The number of non-ortho nitro benzene ring substituents is 1. The van der Waals surface area contributed by atoms with Crippen LogP contribution < -0.4 is 14.8 Å². The molecule has 3 aromatic rings. The number of ether oxygens (including phenoxy) is 3. The molecule has 0 unspecified atom stereocenters. The van der Waals surface area contributed by atoms with E-state index in [9.17, 15) is 19.7 Å². The highest BCUT2D eigenvalue weighted by molar-refractivity contribution is 6.34. The highest BCUT2D eigenvalue weighted by atomic mass is 35.5. The maximum atomic E-state index is 12.7. The fraction of sp³-hybridized carbons (Fsp3) is 0.167. The lowest BCUT2D eigenvalue weighted by molar-refractivity contribution is -0.384. The minimum Gasteiger partial charge on any atom is -0.496 e. The van der Waals surface area contributed by atoms with Crippen LogP contribution >= 0.6 is 11.6 Å². The minimum absolute atomic E-state index is 0.0377. The van der Waals surface area contributed by atoms with E-state index >= 15 is 0 Å². The van der Waals surface area contributed by atoms with E-state index in [0.717, 1.165) is 0 Å². The zero-order chi connectivity index (χ0) is 24.7. The van der Waals surface area contributed by atoms with E-state index in [0.29, 0.717) is 22.7 Å². The molecule has 10 heteroatoms. The maximum Gasteiger partial charge on any atom is 0.342 e. The maximum absolute atomic E-state index is 12.7. The molecule has 1 amide bonds. The molecule has 3 rings (SSSR count). The smallest absolute Gasteiger partial charge is 0.342 e. The molecule has 1 N–H and O–H groups in total. The summed E-state index contributed by atoms with van der Waals surface area (Å²) >= 11 is 6.21. The van der Waals surface area contributed by atoms with Gasteiger partial charge < -0.3 is 19.5 Å². The predicted molar refractivity (Wildman–Crippen MR) is 126 cm³/mol. The van der Waals surface area contributed by atoms with Gasteiger partial charge in [-0.15, -0.1) is 0 Å². The van der Waals surface area contributed by atoms with Crippen LogP contribution in [-0.4, -0.2) is 23.9 Å². The van der Waals surface area contributed by atoms with Crippen LogP contribution in [0.25, 0.3) is 0 Å². The Labute approximate surface area is 200 Å². The number of nitrogens with zero attached hydrogens (tertiary/aromatic N) is 1. The molecule has 0 atom stereocenters. The van der Waals surface area contributed by atoms with Crippen molar-refractivity contribution in [2.45, 2.75) is 20.0 Å². The second-order valence-corrected chi connectivity index (χ2v) is 7.42. The van der Waals surface area contributed by atoms with Crippen LogP contribution in [-0.2, 0) is 16.1 Å². The molecule has 0 aliphatic rings. The Kier molecular flexibility index (Phi) is 8.05. The number of rotatable bonds is 9. The molecule has 3 aromatic carbocycles. The van der Waals surface area contributed by atoms with E-state index in [2.05, 4.69) is 5.32 Å². The Morgan fingerprint density at radius 3 is 2.44 bits per heavy atom. The Hall–Kier alpha value is -4.11. The van der Waals surface area contributed by atoms with E-state index in [1.165, 1.54) is 43.5 Å². The predicted octanol–water partition coefficient (Wildman–Crippen LogP) is 5.75. The highest BCUT2D eigenvalue weighted by Gasteiger charge is 2.18. The summed E-state index contributed by atoms with van der Waals surface area (Å²) < 4.78 is 16.4. The van der Waals surface area contributed by atoms with Gasteiger partial charge in [-0.1, -0.05) is 30.7 Å². The summed E-state index contributed by atoms with van der Waals surface area (Å²) in [5.41, 5.74) is 1.06. The number of amides is 1. The van der Waals surface area contributed by atoms with Crippen LogP contribution in [0.5, 0.6) is 17.2 Å². The average Bonchev–Trinajstić information content (AvgIpc) is 2.84. The molecule has 0 bridgehead atoms. The van der Waals surface area contributed by atoms with Gasteiger partial charge >= 0.3 is 5.97 Å². The number of benzene rings is 3. The van der Waals surface area contributed by atoms with Crippen molar-refractivity contribution in [1.29, 1.82) is 0 Å². The van der Waals surface area contributed by atoms with Gasteiger partial charge in [-0.3, -0.25) is 14.9 Å². The van der Waals surface area contributed by atoms with Crippen molar-refractivity contribution in [3.63, 3.8) is 0 Å². The quantitative estimate of drug-likeness (QED) is 0.233. The molecular weight excluding hydrogens is 464 g/mol. The largest absolute Gasteiger partial charge is 0.496 e. The molecule has 0 aliphatic heterocycles. The van der Waals surface area contributed by atoms with E-state index in [-0.39, 0.29) is 41.0 Å². The molecule has 34 heavy (non-hydrogen) atoms. The van der Waals surface area contributed by atoms with Gasteiger partial charge in [0.1, 0.15) is 29.4 Å². The SMILES string of the molecule is CCC(=O)Nc1cc(OC)c(C(=O)OCc2cccc(Oc3ccc([N+](=O)[O-])cc3)c2)cc1Cl. The Bertz CT molecular complexity index is 1210. The van der Waals surface area contributed by atoms with Crippen LogP contribution in [0.3, 0.4) is 0 Å². The number of nitro groups is 1. The molecule has 0 saturated carbocycles. The molecule has 0 aliphatic carbocycles. The number of anilines is 1. The molecule has 9 nitrogen and oxygen atoms in total. The van der Waals surface area contributed by atoms with Crippen molar-refractivity contribution >= 4 is 34.9 Å². The van der Waals surface area contributed by atoms with Crippen molar-refractivity contribution < 1.29 is 28.7 Å². The average molecular weight is 485 g/mol. The number of hydrogen-bond donors (Lipinski definition) is 1. The number of carbonyl (C=O) groups is 2. The molecule has 176 valence electrons. The van der Waals surface area contributed by atoms with Crippen LogP contribution in [0.4, 0.5) is 11.4 Å². The van der Waals surface area contributed by atoms with Gasteiger partial charge in [-0.2, -0.15) is 0 Å². The van der Waals surface area contributed by atoms with Crippen molar-refractivity contribution in [1.82, 2.24) is 0 Å². The summed E-state index contributed by atoms with van der Waals surface area (Å²) in [6.07, 6.45) is 0.273. The van der Waals surface area contributed by atoms with E-state index in [1.54, 1.807) is 31.2 Å². The van der Waals surface area contributed by atoms with E-state index in [4.69, 9.17) is 25.8 Å². The minimum atomic E-state index is -0.659. The Balaban J connectivity index is 1.68. The van der Waals surface area contributed by atoms with Gasteiger partial charge in [-0.25, -0.2) is 4.79 Å². The Morgan fingerprint density at radius 2 is 1.79 bits per heavy atom. The van der Waals surface area contributed by atoms with E-state index < -0.39 is 10.9 Å². The molecule has 0 saturated heterocycles. The summed E-state index contributed by atoms with van der Waals surface area (Å²) in [7, 11) is 1.39. The molecule has 0 spiro atoms. The lowest BCUT2D eigenvalue weighted by Gasteiger charge is -2.13. The first kappa shape index (κ1) is 24.5. The number of hydrogen-bond acceptors (Lipinski definition) is 7. The van der Waals surface area contributed by atoms with Crippen LogP contribution in [0.15, 0.2) is 60.7 Å². The number of esters is 1. The van der Waals surface area contributed by atoms with Gasteiger partial charge in [0.05, 0.1) is 22.7 Å². The van der Waals surface area contributed by atoms with Crippen molar-refractivity contribution in [3.8, 4) is 17.2 Å².